The molecule has 0 bridgehead atoms. The van der Waals surface area contributed by atoms with E-state index in [1.54, 1.807) is 6.20 Å². The average Bonchev–Trinajstić information content (AvgIpc) is 3.57. The van der Waals surface area contributed by atoms with Gasteiger partial charge in [-0.1, -0.05) is 68.8 Å². The van der Waals surface area contributed by atoms with Gasteiger partial charge >= 0.3 is 5.69 Å². The number of nitrogens with zero attached hydrogens (tertiary/aromatic N) is 6. The Bertz CT molecular complexity index is 1550. The smallest absolute Gasteiger partial charge is 0.292 e. The number of rotatable bonds is 9. The summed E-state index contributed by atoms with van der Waals surface area (Å²) in [6, 6.07) is 18.4. The molecule has 0 amide bonds. The first-order valence-corrected chi connectivity index (χ1v) is 12.8. The number of nitrogens with one attached hydrogen (secondary N) is 1. The summed E-state index contributed by atoms with van der Waals surface area (Å²) in [5.41, 5.74) is 8.07. The van der Waals surface area contributed by atoms with Crippen LogP contribution in [0.5, 0.6) is 0 Å². The van der Waals surface area contributed by atoms with Gasteiger partial charge in [0.1, 0.15) is 5.69 Å². The molecule has 0 saturated carbocycles. The fourth-order valence-corrected chi connectivity index (χ4v) is 4.82. The van der Waals surface area contributed by atoms with Crippen LogP contribution < -0.4 is 5.69 Å². The lowest BCUT2D eigenvalue weighted by Gasteiger charge is -2.11. The summed E-state index contributed by atoms with van der Waals surface area (Å²) in [5, 5.41) is 14.2. The van der Waals surface area contributed by atoms with Crippen LogP contribution in [-0.4, -0.2) is 34.7 Å². The highest BCUT2D eigenvalue weighted by Crippen LogP contribution is 2.28. The van der Waals surface area contributed by atoms with E-state index in [1.807, 2.05) is 27.5 Å². The SMILES string of the molecule is CCCCc1cn(-c2c(C)cccc2CC)c(=O)n1Cc1ccc(-c2cccnc2-c2nnn[nH]2)cc1. The maximum atomic E-state index is 13.7. The van der Waals surface area contributed by atoms with Crippen LogP contribution in [0.4, 0.5) is 0 Å². The highest BCUT2D eigenvalue weighted by Gasteiger charge is 2.17. The first-order valence-electron chi connectivity index (χ1n) is 12.8. The maximum absolute atomic E-state index is 13.7. The molecule has 3 aromatic heterocycles. The third-order valence-electron chi connectivity index (χ3n) is 6.77. The van der Waals surface area contributed by atoms with Crippen molar-refractivity contribution in [3.8, 4) is 28.3 Å². The van der Waals surface area contributed by atoms with E-state index in [0.29, 0.717) is 18.1 Å². The minimum Gasteiger partial charge on any atom is -0.292 e. The van der Waals surface area contributed by atoms with Gasteiger partial charge in [0.15, 0.2) is 5.82 Å². The predicted molar refractivity (Wildman–Crippen MR) is 145 cm³/mol. The number of pyridine rings is 1. The van der Waals surface area contributed by atoms with Crippen molar-refractivity contribution in [2.45, 2.75) is 53.0 Å². The number of hydrogen-bond acceptors (Lipinski definition) is 5. The maximum Gasteiger partial charge on any atom is 0.333 e. The summed E-state index contributed by atoms with van der Waals surface area (Å²) >= 11 is 0. The minimum atomic E-state index is 0.00606. The molecule has 2 aromatic carbocycles. The van der Waals surface area contributed by atoms with Crippen LogP contribution >= 0.6 is 0 Å². The summed E-state index contributed by atoms with van der Waals surface area (Å²) in [5.74, 6) is 0.524. The molecule has 0 aliphatic heterocycles. The second-order valence-corrected chi connectivity index (χ2v) is 9.25. The number of aromatic amines is 1. The molecule has 0 fully saturated rings. The molecular weight excluding hydrogens is 462 g/mol. The van der Waals surface area contributed by atoms with Gasteiger partial charge in [-0.2, -0.15) is 0 Å². The van der Waals surface area contributed by atoms with Crippen LogP contribution in [-0.2, 0) is 19.4 Å². The second kappa shape index (κ2) is 10.7. The van der Waals surface area contributed by atoms with Crippen LogP contribution in [0.3, 0.4) is 0 Å². The molecule has 0 saturated heterocycles. The molecule has 5 rings (SSSR count). The number of unbranched alkanes of at least 4 members (excludes halogenated alkanes) is 1. The minimum absolute atomic E-state index is 0.00606. The fraction of sp³-hybridized carbons (Fsp3) is 0.276. The molecule has 0 unspecified atom stereocenters. The monoisotopic (exact) mass is 493 g/mol. The van der Waals surface area contributed by atoms with Gasteiger partial charge in [0.05, 0.1) is 12.2 Å². The number of para-hydroxylation sites is 1. The summed E-state index contributed by atoms with van der Waals surface area (Å²) in [6.45, 7) is 6.90. The average molecular weight is 494 g/mol. The third-order valence-corrected chi connectivity index (χ3v) is 6.77. The van der Waals surface area contributed by atoms with E-state index in [-0.39, 0.29) is 5.69 Å². The Labute approximate surface area is 216 Å². The van der Waals surface area contributed by atoms with Crippen LogP contribution in [0, 0.1) is 6.92 Å². The molecule has 5 aromatic rings. The predicted octanol–water partition coefficient (Wildman–Crippen LogP) is 5.14. The lowest BCUT2D eigenvalue weighted by atomic mass is 10.0. The number of tetrazole rings is 1. The first-order chi connectivity index (χ1) is 18.1. The van der Waals surface area contributed by atoms with E-state index < -0.39 is 0 Å². The van der Waals surface area contributed by atoms with Crippen molar-refractivity contribution in [2.75, 3.05) is 0 Å². The lowest BCUT2D eigenvalue weighted by Crippen LogP contribution is -2.25. The number of aryl methyl sites for hydroxylation is 3. The molecule has 0 aliphatic carbocycles. The molecule has 3 heterocycles. The molecule has 0 atom stereocenters. The highest BCUT2D eigenvalue weighted by molar-refractivity contribution is 5.77. The van der Waals surface area contributed by atoms with Gasteiger partial charge in [-0.3, -0.25) is 14.1 Å². The van der Waals surface area contributed by atoms with Crippen molar-refractivity contribution in [3.05, 3.63) is 99.9 Å². The van der Waals surface area contributed by atoms with Gasteiger partial charge < -0.3 is 0 Å². The van der Waals surface area contributed by atoms with Crippen molar-refractivity contribution < 1.29 is 0 Å². The number of H-pyrrole nitrogens is 1. The molecule has 8 heteroatoms. The zero-order valence-corrected chi connectivity index (χ0v) is 21.5. The van der Waals surface area contributed by atoms with E-state index in [1.165, 1.54) is 5.56 Å². The van der Waals surface area contributed by atoms with Gasteiger partial charge in [-0.05, 0) is 64.9 Å². The largest absolute Gasteiger partial charge is 0.333 e. The van der Waals surface area contributed by atoms with Crippen LogP contribution in [0.25, 0.3) is 28.3 Å². The van der Waals surface area contributed by atoms with Gasteiger partial charge in [-0.25, -0.2) is 9.89 Å². The van der Waals surface area contributed by atoms with Crippen molar-refractivity contribution >= 4 is 0 Å². The second-order valence-electron chi connectivity index (χ2n) is 9.25. The molecule has 1 N–H and O–H groups in total. The molecule has 0 spiro atoms. The standard InChI is InChI=1S/C29H31N7O/c1-4-6-11-24-19-36(27-20(3)9-7-10-22(27)5-2)29(37)35(24)18-21-13-15-23(16-14-21)25-12-8-17-30-26(25)28-31-33-34-32-28/h7-10,12-17,19H,4-6,11,18H2,1-3H3,(H,31,32,33,34). The van der Waals surface area contributed by atoms with E-state index in [4.69, 9.17) is 0 Å². The molecule has 8 nitrogen and oxygen atoms in total. The van der Waals surface area contributed by atoms with Gasteiger partial charge in [0.25, 0.3) is 0 Å². The Balaban J connectivity index is 1.50. The third kappa shape index (κ3) is 4.87. The zero-order chi connectivity index (χ0) is 25.8. The van der Waals surface area contributed by atoms with Crippen molar-refractivity contribution in [1.29, 1.82) is 0 Å². The van der Waals surface area contributed by atoms with Crippen LogP contribution in [0.1, 0.15) is 49.1 Å². The Morgan fingerprint density at radius 2 is 1.84 bits per heavy atom. The van der Waals surface area contributed by atoms with E-state index in [2.05, 4.69) is 88.8 Å². The fourth-order valence-electron chi connectivity index (χ4n) is 4.82. The molecule has 188 valence electrons. The summed E-state index contributed by atoms with van der Waals surface area (Å²) in [4.78, 5) is 18.2. The summed E-state index contributed by atoms with van der Waals surface area (Å²) < 4.78 is 3.77. The normalized spacial score (nSPS) is 11.2. The molecule has 0 radical (unpaired) electrons. The van der Waals surface area contributed by atoms with E-state index in [0.717, 1.165) is 59.3 Å². The molecule has 37 heavy (non-hydrogen) atoms. The number of imidazole rings is 1. The lowest BCUT2D eigenvalue weighted by molar-refractivity contribution is 0.673. The number of benzene rings is 2. The summed E-state index contributed by atoms with van der Waals surface area (Å²) in [7, 11) is 0. The van der Waals surface area contributed by atoms with Crippen LogP contribution in [0.2, 0.25) is 0 Å². The Morgan fingerprint density at radius 1 is 1.00 bits per heavy atom. The van der Waals surface area contributed by atoms with Crippen molar-refractivity contribution in [2.24, 2.45) is 0 Å². The zero-order valence-electron chi connectivity index (χ0n) is 21.5. The van der Waals surface area contributed by atoms with Gasteiger partial charge in [-0.15, -0.1) is 5.10 Å². The molecular formula is C29H31N7O. The van der Waals surface area contributed by atoms with Crippen molar-refractivity contribution in [1.82, 2.24) is 34.7 Å². The van der Waals surface area contributed by atoms with Gasteiger partial charge in [0, 0.05) is 23.7 Å². The Morgan fingerprint density at radius 3 is 2.57 bits per heavy atom. The molecule has 0 aliphatic rings. The Kier molecular flexibility index (Phi) is 7.07. The highest BCUT2D eigenvalue weighted by atomic mass is 16.1. The van der Waals surface area contributed by atoms with E-state index in [9.17, 15) is 4.79 Å². The summed E-state index contributed by atoms with van der Waals surface area (Å²) in [6.07, 6.45) is 7.63. The Hall–Kier alpha value is -4.33. The van der Waals surface area contributed by atoms with Crippen LogP contribution in [0.15, 0.2) is 71.8 Å². The quantitative estimate of drug-likeness (QED) is 0.307. The number of hydrogen-bond donors (Lipinski definition) is 1. The van der Waals surface area contributed by atoms with E-state index >= 15 is 0 Å². The topological polar surface area (TPSA) is 94.3 Å². The van der Waals surface area contributed by atoms with Crippen molar-refractivity contribution in [3.63, 3.8) is 0 Å². The first kappa shape index (κ1) is 24.4. The number of aromatic nitrogens is 7. The van der Waals surface area contributed by atoms with Gasteiger partial charge in [0.2, 0.25) is 0 Å².